The zero-order chi connectivity index (χ0) is 11.1. The van der Waals surface area contributed by atoms with Crippen molar-refractivity contribution in [2.75, 3.05) is 24.5 Å². The van der Waals surface area contributed by atoms with Gasteiger partial charge in [-0.3, -0.25) is 0 Å². The van der Waals surface area contributed by atoms with Gasteiger partial charge in [0.05, 0.1) is 5.69 Å². The lowest BCUT2D eigenvalue weighted by Gasteiger charge is -2.26. The van der Waals surface area contributed by atoms with Gasteiger partial charge in [0, 0.05) is 25.7 Å². The first-order valence-electron chi connectivity index (χ1n) is 5.99. The van der Waals surface area contributed by atoms with Crippen LogP contribution in [-0.4, -0.2) is 25.7 Å². The minimum Gasteiger partial charge on any atom is -0.366 e. The van der Waals surface area contributed by atoms with Crippen molar-refractivity contribution in [3.8, 4) is 0 Å². The molecule has 2 aliphatic rings. The fourth-order valence-electron chi connectivity index (χ4n) is 3.17. The van der Waals surface area contributed by atoms with E-state index < -0.39 is 0 Å². The highest BCUT2D eigenvalue weighted by molar-refractivity contribution is 5.50. The van der Waals surface area contributed by atoms with Gasteiger partial charge in [-0.15, -0.1) is 0 Å². The van der Waals surface area contributed by atoms with Gasteiger partial charge in [-0.2, -0.15) is 0 Å². The maximum Gasteiger partial charge on any atom is 0.146 e. The zero-order valence-corrected chi connectivity index (χ0v) is 9.49. The van der Waals surface area contributed by atoms with E-state index in [0.29, 0.717) is 17.9 Å². The molecular formula is C13H17FN2. The SMILES string of the molecule is CC1C2CNCC2CN1c1ccccc1F. The minimum atomic E-state index is -0.0951. The average molecular weight is 220 g/mol. The second kappa shape index (κ2) is 3.74. The first-order chi connectivity index (χ1) is 7.77. The topological polar surface area (TPSA) is 15.3 Å². The van der Waals surface area contributed by atoms with Gasteiger partial charge in [0.15, 0.2) is 0 Å². The van der Waals surface area contributed by atoms with Crippen molar-refractivity contribution in [1.29, 1.82) is 0 Å². The summed E-state index contributed by atoms with van der Waals surface area (Å²) in [6.45, 7) is 5.36. The molecule has 3 rings (SSSR count). The summed E-state index contributed by atoms with van der Waals surface area (Å²) in [5, 5.41) is 3.42. The molecule has 2 aliphatic heterocycles. The van der Waals surface area contributed by atoms with E-state index in [4.69, 9.17) is 0 Å². The summed E-state index contributed by atoms with van der Waals surface area (Å²) in [5.41, 5.74) is 0.768. The number of para-hydroxylation sites is 1. The Hall–Kier alpha value is -1.09. The largest absolute Gasteiger partial charge is 0.366 e. The van der Waals surface area contributed by atoms with Crippen LogP contribution in [-0.2, 0) is 0 Å². The van der Waals surface area contributed by atoms with Crippen LogP contribution in [0.1, 0.15) is 6.92 Å². The second-order valence-corrected chi connectivity index (χ2v) is 4.93. The number of fused-ring (bicyclic) bond motifs is 1. The van der Waals surface area contributed by atoms with Crippen LogP contribution in [0.15, 0.2) is 24.3 Å². The van der Waals surface area contributed by atoms with Crippen LogP contribution < -0.4 is 10.2 Å². The van der Waals surface area contributed by atoms with Gasteiger partial charge >= 0.3 is 0 Å². The Balaban J connectivity index is 1.89. The van der Waals surface area contributed by atoms with E-state index in [9.17, 15) is 4.39 Å². The number of anilines is 1. The minimum absolute atomic E-state index is 0.0951. The Morgan fingerprint density at radius 2 is 2.12 bits per heavy atom. The Kier molecular flexibility index (Phi) is 2.36. The van der Waals surface area contributed by atoms with Crippen LogP contribution >= 0.6 is 0 Å². The molecule has 86 valence electrons. The fraction of sp³-hybridized carbons (Fsp3) is 0.538. The standard InChI is InChI=1S/C13H17FN2/c1-9-11-7-15-6-10(11)8-16(9)13-5-3-2-4-12(13)14/h2-5,9-11,15H,6-8H2,1H3. The Bertz CT molecular complexity index is 393. The molecule has 0 aliphatic carbocycles. The van der Waals surface area contributed by atoms with Crippen LogP contribution in [0.25, 0.3) is 0 Å². The van der Waals surface area contributed by atoms with Crippen molar-refractivity contribution in [2.45, 2.75) is 13.0 Å². The molecule has 0 saturated carbocycles. The van der Waals surface area contributed by atoms with Gasteiger partial charge in [-0.1, -0.05) is 12.1 Å². The van der Waals surface area contributed by atoms with Crippen molar-refractivity contribution in [3.05, 3.63) is 30.1 Å². The van der Waals surface area contributed by atoms with Crippen molar-refractivity contribution in [3.63, 3.8) is 0 Å². The van der Waals surface area contributed by atoms with E-state index in [1.165, 1.54) is 0 Å². The number of benzene rings is 1. The number of nitrogens with one attached hydrogen (secondary N) is 1. The molecule has 0 amide bonds. The van der Waals surface area contributed by atoms with E-state index in [1.54, 1.807) is 12.1 Å². The monoisotopic (exact) mass is 220 g/mol. The van der Waals surface area contributed by atoms with Crippen molar-refractivity contribution in [2.24, 2.45) is 11.8 Å². The molecule has 2 nitrogen and oxygen atoms in total. The lowest BCUT2D eigenvalue weighted by Crippen LogP contribution is -2.33. The smallest absolute Gasteiger partial charge is 0.146 e. The first-order valence-corrected chi connectivity index (χ1v) is 5.99. The van der Waals surface area contributed by atoms with Gasteiger partial charge < -0.3 is 10.2 Å². The zero-order valence-electron chi connectivity index (χ0n) is 9.49. The van der Waals surface area contributed by atoms with E-state index in [1.807, 2.05) is 12.1 Å². The van der Waals surface area contributed by atoms with Crippen molar-refractivity contribution >= 4 is 5.69 Å². The summed E-state index contributed by atoms with van der Waals surface area (Å²) in [4.78, 5) is 2.23. The molecule has 0 bridgehead atoms. The lowest BCUT2D eigenvalue weighted by atomic mass is 9.95. The summed E-state index contributed by atoms with van der Waals surface area (Å²) in [6.07, 6.45) is 0. The van der Waals surface area contributed by atoms with Gasteiger partial charge in [0.2, 0.25) is 0 Å². The van der Waals surface area contributed by atoms with E-state index in [0.717, 1.165) is 25.3 Å². The predicted molar refractivity (Wildman–Crippen MR) is 63.1 cm³/mol. The molecule has 2 fully saturated rings. The Labute approximate surface area is 95.4 Å². The molecule has 16 heavy (non-hydrogen) atoms. The molecule has 3 unspecified atom stereocenters. The normalized spacial score (nSPS) is 33.1. The van der Waals surface area contributed by atoms with Gasteiger partial charge in [0.25, 0.3) is 0 Å². The van der Waals surface area contributed by atoms with Crippen LogP contribution in [0.3, 0.4) is 0 Å². The third kappa shape index (κ3) is 1.42. The maximum atomic E-state index is 13.7. The number of hydrogen-bond donors (Lipinski definition) is 1. The van der Waals surface area contributed by atoms with Gasteiger partial charge in [-0.05, 0) is 30.9 Å². The summed E-state index contributed by atoms with van der Waals surface area (Å²) in [5.74, 6) is 1.27. The number of rotatable bonds is 1. The highest BCUT2D eigenvalue weighted by Crippen LogP contribution is 2.36. The van der Waals surface area contributed by atoms with Crippen LogP contribution in [0.4, 0.5) is 10.1 Å². The molecule has 0 spiro atoms. The summed E-state index contributed by atoms with van der Waals surface area (Å²) in [6, 6.07) is 7.55. The molecule has 0 radical (unpaired) electrons. The third-order valence-corrected chi connectivity index (χ3v) is 4.10. The quantitative estimate of drug-likeness (QED) is 0.777. The number of halogens is 1. The highest BCUT2D eigenvalue weighted by atomic mass is 19.1. The molecular weight excluding hydrogens is 203 g/mol. The van der Waals surface area contributed by atoms with Crippen LogP contribution in [0.2, 0.25) is 0 Å². The van der Waals surface area contributed by atoms with E-state index in [2.05, 4.69) is 17.1 Å². The average Bonchev–Trinajstić information content (AvgIpc) is 2.83. The molecule has 3 heteroatoms. The number of nitrogens with zero attached hydrogens (tertiary/aromatic N) is 1. The summed E-state index contributed by atoms with van der Waals surface area (Å²) < 4.78 is 13.7. The summed E-state index contributed by atoms with van der Waals surface area (Å²) >= 11 is 0. The molecule has 1 aromatic rings. The molecule has 0 aromatic heterocycles. The Morgan fingerprint density at radius 1 is 1.31 bits per heavy atom. The summed E-state index contributed by atoms with van der Waals surface area (Å²) in [7, 11) is 0. The van der Waals surface area contributed by atoms with Crippen molar-refractivity contribution in [1.82, 2.24) is 5.32 Å². The maximum absolute atomic E-state index is 13.7. The molecule has 1 N–H and O–H groups in total. The second-order valence-electron chi connectivity index (χ2n) is 4.93. The highest BCUT2D eigenvalue weighted by Gasteiger charge is 2.42. The Morgan fingerprint density at radius 3 is 2.88 bits per heavy atom. The lowest BCUT2D eigenvalue weighted by molar-refractivity contribution is 0.470. The predicted octanol–water partition coefficient (Wildman–Crippen LogP) is 1.87. The van der Waals surface area contributed by atoms with E-state index in [-0.39, 0.29) is 5.82 Å². The third-order valence-electron chi connectivity index (χ3n) is 4.10. The first kappa shape index (κ1) is 10.1. The number of hydrogen-bond acceptors (Lipinski definition) is 2. The van der Waals surface area contributed by atoms with E-state index >= 15 is 0 Å². The van der Waals surface area contributed by atoms with Crippen LogP contribution in [0.5, 0.6) is 0 Å². The molecule has 1 aromatic carbocycles. The molecule has 2 saturated heterocycles. The fourth-order valence-corrected chi connectivity index (χ4v) is 3.17. The molecule has 2 heterocycles. The van der Waals surface area contributed by atoms with Crippen molar-refractivity contribution < 1.29 is 4.39 Å². The van der Waals surface area contributed by atoms with Gasteiger partial charge in [-0.25, -0.2) is 4.39 Å². The molecule has 3 atom stereocenters. The van der Waals surface area contributed by atoms with Crippen LogP contribution in [0, 0.1) is 17.7 Å². The van der Waals surface area contributed by atoms with Gasteiger partial charge in [0.1, 0.15) is 5.82 Å².